The standard InChI is InChI=1S/5IO3.K.Th/c5*2-1(3)4;;/q5*-1;+1;+4. The third kappa shape index (κ3) is 450. The van der Waals surface area contributed by atoms with Crippen LogP contribution in [0.2, 0.25) is 0 Å². The van der Waals surface area contributed by atoms with E-state index >= 15 is 0 Å². The van der Waals surface area contributed by atoms with Crippen LogP contribution in [0.5, 0.6) is 0 Å². The van der Waals surface area contributed by atoms with Crippen molar-refractivity contribution in [2.24, 2.45) is 0 Å². The fraction of sp³-hybridized carbons (Fsp3) is 0. The largest absolute Gasteiger partial charge is 4.00 e. The van der Waals surface area contributed by atoms with Gasteiger partial charge < -0.3 is 51.5 Å². The van der Waals surface area contributed by atoms with Crippen LogP contribution in [-0.2, 0) is 0 Å². The van der Waals surface area contributed by atoms with E-state index in [2.05, 4.69) is 0 Å². The van der Waals surface area contributed by atoms with Gasteiger partial charge in [-0.2, -0.15) is 0 Å². The number of hydrogen-bond donors (Lipinski definition) is 0. The van der Waals surface area contributed by atoms with Gasteiger partial charge in [0.15, 0.2) is 0 Å². The van der Waals surface area contributed by atoms with Gasteiger partial charge in [-0.1, -0.05) is 0 Å². The minimum absolute atomic E-state index is 0. The van der Waals surface area contributed by atoms with Crippen molar-refractivity contribution in [3.8, 4) is 0 Å². The Kier molecular flexibility index (Phi) is 87.1. The first kappa shape index (κ1) is 46.3. The molecule has 0 saturated heterocycles. The molecule has 0 fully saturated rings. The van der Waals surface area contributed by atoms with Crippen molar-refractivity contribution in [3.63, 3.8) is 0 Å². The summed E-state index contributed by atoms with van der Waals surface area (Å²) in [6.45, 7) is 0. The molecule has 0 amide bonds. The Labute approximate surface area is 241 Å². The van der Waals surface area contributed by atoms with Gasteiger partial charge in [-0.25, -0.2) is 0 Å². The molecule has 130 valence electrons. The third-order valence-corrected chi connectivity index (χ3v) is 0. The minimum Gasteiger partial charge on any atom is -0.427 e. The zero-order valence-electron chi connectivity index (χ0n) is 9.51. The molecule has 0 spiro atoms. The van der Waals surface area contributed by atoms with E-state index in [1.165, 1.54) is 0 Å². The fourth-order valence-corrected chi connectivity index (χ4v) is 0. The summed E-state index contributed by atoms with van der Waals surface area (Å²) >= 11 is -20.1. The quantitative estimate of drug-likeness (QED) is 0.161. The molecule has 0 aliphatic carbocycles. The van der Waals surface area contributed by atoms with Crippen LogP contribution in [0.4, 0.5) is 0 Å². The molecule has 0 saturated carbocycles. The molecular formula is I5KO15Th. The van der Waals surface area contributed by atoms with Crippen LogP contribution in [0.3, 0.4) is 0 Å². The van der Waals surface area contributed by atoms with Gasteiger partial charge in [0.2, 0.25) is 0 Å². The molecule has 0 N–H and O–H groups in total. The molecule has 0 atom stereocenters. The van der Waals surface area contributed by atoms with Gasteiger partial charge >= 0.3 is 91.3 Å². The van der Waals surface area contributed by atoms with Gasteiger partial charge in [0.1, 0.15) is 0 Å². The summed E-state index contributed by atoms with van der Waals surface area (Å²) in [7, 11) is 0. The van der Waals surface area contributed by atoms with Crippen molar-refractivity contribution < 1.29 is 248 Å². The maximum Gasteiger partial charge on any atom is 4.00 e. The molecular weight excluding hydrogens is 1150 g/mol. The Balaban J connectivity index is -0.0000000250. The van der Waals surface area contributed by atoms with Crippen molar-refractivity contribution >= 4 is 0 Å². The van der Waals surface area contributed by atoms with Crippen molar-refractivity contribution in [1.82, 2.24) is 0 Å². The van der Waals surface area contributed by atoms with Gasteiger partial charge in [-0.05, 0) is 0 Å². The fourth-order valence-electron chi connectivity index (χ4n) is 0. The second-order valence-corrected chi connectivity index (χ2v) is 6.34. The second kappa shape index (κ2) is 41.4. The van der Waals surface area contributed by atoms with Crippen LogP contribution in [0.25, 0.3) is 0 Å². The number of hydrogen-bond acceptors (Lipinski definition) is 15. The average molecular weight is 1150 g/mol. The van der Waals surface area contributed by atoms with Crippen molar-refractivity contribution in [2.75, 3.05) is 0 Å². The molecule has 22 heavy (non-hydrogen) atoms. The summed E-state index contributed by atoms with van der Waals surface area (Å²) in [6, 6.07) is 0. The summed E-state index contributed by atoms with van der Waals surface area (Å²) in [5, 5.41) is 0. The summed E-state index contributed by atoms with van der Waals surface area (Å²) < 4.78 is 129. The van der Waals surface area contributed by atoms with Gasteiger partial charge in [0, 0.05) is 0 Å². The Bertz CT molecular complexity index is 86.5. The third-order valence-electron chi connectivity index (χ3n) is 0. The van der Waals surface area contributed by atoms with Crippen LogP contribution in [0, 0.1) is 39.9 Å². The Morgan fingerprint density at radius 2 is 0.273 bits per heavy atom. The zero-order chi connectivity index (χ0) is 17.9. The summed E-state index contributed by atoms with van der Waals surface area (Å²) in [5.41, 5.74) is 0. The molecule has 0 aromatic carbocycles. The first-order valence-corrected chi connectivity index (χ1v) is 15.5. The van der Waals surface area contributed by atoms with Crippen LogP contribution in [-0.4, -0.2) is 0 Å². The number of rotatable bonds is 0. The molecule has 0 unspecified atom stereocenters. The monoisotopic (exact) mass is 1150 g/mol. The predicted molar refractivity (Wildman–Crippen MR) is 0 cm³/mol. The van der Waals surface area contributed by atoms with E-state index in [-0.39, 0.29) is 91.3 Å². The molecule has 22 heteroatoms. The Morgan fingerprint density at radius 3 is 0.273 bits per heavy atom. The first-order valence-electron chi connectivity index (χ1n) is 2.31. The normalized spacial score (nSPS) is 8.18. The molecule has 0 bridgehead atoms. The molecule has 0 radical (unpaired) electrons. The van der Waals surface area contributed by atoms with Crippen LogP contribution in [0.1, 0.15) is 0 Å². The minimum atomic E-state index is -4.01. The van der Waals surface area contributed by atoms with Crippen LogP contribution >= 0.6 is 0 Å². The maximum absolute atomic E-state index is 8.57. The van der Waals surface area contributed by atoms with Gasteiger partial charge in [-0.3, -0.25) is 0 Å². The van der Waals surface area contributed by atoms with Crippen LogP contribution in [0.15, 0.2) is 0 Å². The SMILES string of the molecule is [K+].[O-][I+2]([O-])[O-].[O-][I+2]([O-])[O-].[O-][I+2]([O-])[O-].[O-][I+2]([O-])[O-].[O-][I+2]([O-])[O-].[Th+4]. The van der Waals surface area contributed by atoms with E-state index in [0.29, 0.717) is 0 Å². The van der Waals surface area contributed by atoms with E-state index in [0.717, 1.165) is 0 Å². The smallest absolute Gasteiger partial charge is 0.427 e. The molecule has 15 nitrogen and oxygen atoms in total. The van der Waals surface area contributed by atoms with Gasteiger partial charge in [0.05, 0.1) is 0 Å². The molecule has 0 aromatic rings. The summed E-state index contributed by atoms with van der Waals surface area (Å²) in [4.78, 5) is 0. The van der Waals surface area contributed by atoms with Crippen molar-refractivity contribution in [1.29, 1.82) is 0 Å². The molecule has 0 heterocycles. The Morgan fingerprint density at radius 1 is 0.273 bits per heavy atom. The molecule has 0 aliphatic heterocycles. The van der Waals surface area contributed by atoms with E-state index in [9.17, 15) is 0 Å². The zero-order valence-corrected chi connectivity index (χ0v) is 27.5. The van der Waals surface area contributed by atoms with E-state index in [1.54, 1.807) is 0 Å². The Hall–Kier alpha value is 6.01. The molecule has 0 rings (SSSR count). The van der Waals surface area contributed by atoms with Gasteiger partial charge in [0.25, 0.3) is 105 Å². The molecule has 0 aromatic heterocycles. The molecule has 0 aliphatic rings. The average Bonchev–Trinajstić information content (AvgIpc) is 1.94. The van der Waals surface area contributed by atoms with Gasteiger partial charge in [-0.15, -0.1) is 0 Å². The van der Waals surface area contributed by atoms with E-state index < -0.39 is 105 Å². The number of halogens is 5. The first-order chi connectivity index (χ1) is 8.66. The van der Waals surface area contributed by atoms with E-state index in [4.69, 9.17) is 51.5 Å². The van der Waals surface area contributed by atoms with Crippen molar-refractivity contribution in [3.05, 3.63) is 0 Å². The van der Waals surface area contributed by atoms with Crippen LogP contribution < -0.4 is 208 Å². The predicted octanol–water partition coefficient (Wildman–Crippen LogP) is -35.8. The second-order valence-electron chi connectivity index (χ2n) is 0.945. The summed E-state index contributed by atoms with van der Waals surface area (Å²) in [6.07, 6.45) is 0. The summed E-state index contributed by atoms with van der Waals surface area (Å²) in [5.74, 6) is 0. The maximum atomic E-state index is 8.57. The van der Waals surface area contributed by atoms with E-state index in [1.807, 2.05) is 0 Å². The van der Waals surface area contributed by atoms with Crippen molar-refractivity contribution in [2.45, 2.75) is 0 Å². The topological polar surface area (TPSA) is 346 Å².